The average Bonchev–Trinajstić information content (AvgIpc) is 2.74. The Kier molecular flexibility index (Phi) is 8.13. The molecule has 0 aliphatic carbocycles. The van der Waals surface area contributed by atoms with Crippen molar-refractivity contribution in [3.05, 3.63) is 59.7 Å². The van der Waals surface area contributed by atoms with Crippen LogP contribution in [-0.2, 0) is 19.3 Å². The molecule has 0 spiro atoms. The molecule has 0 heterocycles. The predicted octanol–water partition coefficient (Wildman–Crippen LogP) is 2.26. The highest BCUT2D eigenvalue weighted by atomic mass is 17.2. The Balaban J connectivity index is 1.94. The zero-order valence-electron chi connectivity index (χ0n) is 15.5. The van der Waals surface area contributed by atoms with Crippen molar-refractivity contribution in [2.45, 2.75) is 0 Å². The molecular weight excluding hydrogens is 368 g/mol. The van der Waals surface area contributed by atoms with E-state index in [1.165, 1.54) is 50.6 Å². The monoisotopic (exact) mass is 388 g/mol. The number of methoxy groups -OCH3 is 1. The van der Waals surface area contributed by atoms with E-state index in [4.69, 9.17) is 9.47 Å². The molecule has 0 fully saturated rings. The zero-order valence-corrected chi connectivity index (χ0v) is 15.5. The standard InChI is InChI=1S/C20H20O8/c1-24-18(21)13-27-17-9-5-15(6-10-17)20(23)19(22)14-3-7-16(8-4-14)26-11-12-28-25-2/h3-10H,11-13H2,1-2H3. The van der Waals surface area contributed by atoms with Crippen LogP contribution in [0.15, 0.2) is 48.5 Å². The number of hydrogen-bond acceptors (Lipinski definition) is 8. The van der Waals surface area contributed by atoms with Gasteiger partial charge in [0.25, 0.3) is 0 Å². The van der Waals surface area contributed by atoms with Crippen LogP contribution in [0.25, 0.3) is 0 Å². The Hall–Kier alpha value is -3.23. The highest BCUT2D eigenvalue weighted by Gasteiger charge is 2.18. The van der Waals surface area contributed by atoms with Gasteiger partial charge in [-0.1, -0.05) is 0 Å². The van der Waals surface area contributed by atoms with Crippen molar-refractivity contribution in [3.8, 4) is 11.5 Å². The Morgan fingerprint density at radius 2 is 1.21 bits per heavy atom. The van der Waals surface area contributed by atoms with E-state index in [1.54, 1.807) is 12.1 Å². The molecule has 0 aliphatic rings. The van der Waals surface area contributed by atoms with E-state index < -0.39 is 17.5 Å². The van der Waals surface area contributed by atoms with Gasteiger partial charge in [-0.3, -0.25) is 9.59 Å². The smallest absolute Gasteiger partial charge is 0.343 e. The molecule has 2 rings (SSSR count). The van der Waals surface area contributed by atoms with Crippen molar-refractivity contribution in [3.63, 3.8) is 0 Å². The van der Waals surface area contributed by atoms with Gasteiger partial charge in [-0.2, -0.15) is 0 Å². The molecule has 0 unspecified atom stereocenters. The molecule has 2 aromatic carbocycles. The number of ketones is 2. The van der Waals surface area contributed by atoms with E-state index >= 15 is 0 Å². The number of benzene rings is 2. The molecule has 2 aromatic rings. The van der Waals surface area contributed by atoms with Crippen LogP contribution in [0, 0.1) is 0 Å². The Morgan fingerprint density at radius 1 is 0.714 bits per heavy atom. The van der Waals surface area contributed by atoms with Crippen molar-refractivity contribution < 1.29 is 38.4 Å². The molecule has 0 atom stereocenters. The molecule has 0 N–H and O–H groups in total. The largest absolute Gasteiger partial charge is 0.491 e. The summed E-state index contributed by atoms with van der Waals surface area (Å²) in [6.07, 6.45) is 0. The van der Waals surface area contributed by atoms with Gasteiger partial charge in [-0.15, -0.1) is 0 Å². The number of rotatable bonds is 11. The third-order valence-electron chi connectivity index (χ3n) is 3.58. The second kappa shape index (κ2) is 10.8. The first-order valence-electron chi connectivity index (χ1n) is 8.32. The Labute approximate surface area is 161 Å². The van der Waals surface area contributed by atoms with Gasteiger partial charge in [-0.05, 0) is 48.5 Å². The van der Waals surface area contributed by atoms with Gasteiger partial charge in [0.15, 0.2) is 6.61 Å². The first-order chi connectivity index (χ1) is 13.5. The Bertz CT molecular complexity index is 796. The topological polar surface area (TPSA) is 97.4 Å². The second-order valence-corrected chi connectivity index (χ2v) is 5.41. The van der Waals surface area contributed by atoms with E-state index in [1.807, 2.05) is 0 Å². The minimum atomic E-state index is -0.651. The normalized spacial score (nSPS) is 10.2. The zero-order chi connectivity index (χ0) is 20.4. The van der Waals surface area contributed by atoms with Gasteiger partial charge in [0, 0.05) is 11.1 Å². The fourth-order valence-electron chi connectivity index (χ4n) is 2.15. The van der Waals surface area contributed by atoms with Crippen LogP contribution in [0.4, 0.5) is 0 Å². The molecular formula is C20H20O8. The number of ether oxygens (including phenoxy) is 3. The minimum absolute atomic E-state index is 0.215. The van der Waals surface area contributed by atoms with Crippen LogP contribution in [0.1, 0.15) is 20.7 Å². The van der Waals surface area contributed by atoms with Crippen LogP contribution >= 0.6 is 0 Å². The lowest BCUT2D eigenvalue weighted by atomic mass is 10.0. The first-order valence-corrected chi connectivity index (χ1v) is 8.32. The lowest BCUT2D eigenvalue weighted by molar-refractivity contribution is -0.274. The maximum absolute atomic E-state index is 12.4. The average molecular weight is 388 g/mol. The molecule has 28 heavy (non-hydrogen) atoms. The summed E-state index contributed by atoms with van der Waals surface area (Å²) >= 11 is 0. The molecule has 0 radical (unpaired) electrons. The summed E-state index contributed by atoms with van der Waals surface area (Å²) in [6.45, 7) is 0.300. The predicted molar refractivity (Wildman–Crippen MR) is 97.5 cm³/mol. The molecule has 0 saturated heterocycles. The van der Waals surface area contributed by atoms with Gasteiger partial charge < -0.3 is 14.2 Å². The third kappa shape index (κ3) is 6.19. The fourth-order valence-corrected chi connectivity index (χ4v) is 2.15. The Morgan fingerprint density at radius 3 is 1.68 bits per heavy atom. The molecule has 0 aromatic heterocycles. The summed E-state index contributed by atoms with van der Waals surface area (Å²) in [5.74, 6) is -0.891. The molecule has 8 heteroatoms. The highest BCUT2D eigenvalue weighted by Crippen LogP contribution is 2.17. The van der Waals surface area contributed by atoms with Crippen LogP contribution in [0.5, 0.6) is 11.5 Å². The molecule has 0 saturated carbocycles. The maximum Gasteiger partial charge on any atom is 0.343 e. The van der Waals surface area contributed by atoms with Crippen LogP contribution < -0.4 is 9.47 Å². The van der Waals surface area contributed by atoms with E-state index in [-0.39, 0.29) is 30.9 Å². The van der Waals surface area contributed by atoms with Crippen LogP contribution in [0.2, 0.25) is 0 Å². The van der Waals surface area contributed by atoms with Gasteiger partial charge in [0.05, 0.1) is 14.2 Å². The van der Waals surface area contributed by atoms with Crippen molar-refractivity contribution in [1.82, 2.24) is 0 Å². The van der Waals surface area contributed by atoms with Crippen LogP contribution in [0.3, 0.4) is 0 Å². The van der Waals surface area contributed by atoms with Crippen molar-refractivity contribution in [1.29, 1.82) is 0 Å². The quantitative estimate of drug-likeness (QED) is 0.144. The molecule has 148 valence electrons. The van der Waals surface area contributed by atoms with E-state index in [0.717, 1.165) is 0 Å². The fraction of sp³-hybridized carbons (Fsp3) is 0.250. The molecule has 0 bridgehead atoms. The lowest BCUT2D eigenvalue weighted by Crippen LogP contribution is -2.15. The first kappa shape index (κ1) is 21.1. The second-order valence-electron chi connectivity index (χ2n) is 5.41. The maximum atomic E-state index is 12.4. The summed E-state index contributed by atoms with van der Waals surface area (Å²) in [5.41, 5.74) is 0.462. The number of esters is 1. The number of Topliss-reactive ketones (excluding diaryl/α,β-unsaturated/α-hetero) is 2. The lowest BCUT2D eigenvalue weighted by Gasteiger charge is -2.07. The molecule has 8 nitrogen and oxygen atoms in total. The minimum Gasteiger partial charge on any atom is -0.491 e. The molecule has 0 aliphatic heterocycles. The van der Waals surface area contributed by atoms with E-state index in [2.05, 4.69) is 14.5 Å². The van der Waals surface area contributed by atoms with Crippen molar-refractivity contribution >= 4 is 17.5 Å². The van der Waals surface area contributed by atoms with Crippen molar-refractivity contribution in [2.24, 2.45) is 0 Å². The summed E-state index contributed by atoms with van der Waals surface area (Å²) in [6, 6.07) is 12.1. The van der Waals surface area contributed by atoms with Gasteiger partial charge in [-0.25, -0.2) is 14.6 Å². The van der Waals surface area contributed by atoms with Crippen LogP contribution in [-0.4, -0.2) is 51.6 Å². The highest BCUT2D eigenvalue weighted by molar-refractivity contribution is 6.49. The van der Waals surface area contributed by atoms with Crippen molar-refractivity contribution in [2.75, 3.05) is 34.0 Å². The number of carbonyl (C=O) groups is 3. The molecule has 0 amide bonds. The summed E-state index contributed by atoms with van der Waals surface area (Å²) in [5, 5.41) is 0. The summed E-state index contributed by atoms with van der Waals surface area (Å²) in [7, 11) is 2.66. The summed E-state index contributed by atoms with van der Waals surface area (Å²) in [4.78, 5) is 44.9. The van der Waals surface area contributed by atoms with E-state index in [0.29, 0.717) is 11.5 Å². The number of carbonyl (C=O) groups excluding carboxylic acids is 3. The third-order valence-corrected chi connectivity index (χ3v) is 3.58. The van der Waals surface area contributed by atoms with Gasteiger partial charge >= 0.3 is 5.97 Å². The summed E-state index contributed by atoms with van der Waals surface area (Å²) < 4.78 is 15.1. The number of hydrogen-bond donors (Lipinski definition) is 0. The van der Waals surface area contributed by atoms with E-state index in [9.17, 15) is 14.4 Å². The van der Waals surface area contributed by atoms with Gasteiger partial charge in [0.2, 0.25) is 11.6 Å². The van der Waals surface area contributed by atoms with Gasteiger partial charge in [0.1, 0.15) is 24.7 Å². The SMILES string of the molecule is COOCCOc1ccc(C(=O)C(=O)c2ccc(OCC(=O)OC)cc2)cc1.